The second kappa shape index (κ2) is 5.82. The van der Waals surface area contributed by atoms with E-state index < -0.39 is 0 Å². The Morgan fingerprint density at radius 3 is 1.85 bits per heavy atom. The smallest absolute Gasteiger partial charge is 0.0806 e. The van der Waals surface area contributed by atoms with Gasteiger partial charge in [0, 0.05) is 0 Å². The minimum absolute atomic E-state index is 0.286. The molecular formula is C10H22S3. The number of thioether (sulfide) groups is 2. The van der Waals surface area contributed by atoms with Crippen molar-refractivity contribution in [3.8, 4) is 0 Å². The maximum atomic E-state index is 2.40. The summed E-state index contributed by atoms with van der Waals surface area (Å²) in [6.45, 7) is 7.20. The normalized spacial score (nSPS) is 21.8. The van der Waals surface area contributed by atoms with E-state index in [1.54, 1.807) is 0 Å². The molecule has 1 aliphatic heterocycles. The molecule has 0 amide bonds. The third-order valence-corrected chi connectivity index (χ3v) is 12.9. The van der Waals surface area contributed by atoms with Gasteiger partial charge in [-0.1, -0.05) is 20.8 Å². The lowest BCUT2D eigenvalue weighted by molar-refractivity contribution is 1.11. The monoisotopic (exact) mass is 238 g/mol. The highest BCUT2D eigenvalue weighted by Crippen LogP contribution is 2.61. The van der Waals surface area contributed by atoms with Gasteiger partial charge >= 0.3 is 0 Å². The Bertz CT molecular complexity index is 129. The molecule has 0 aromatic rings. The highest BCUT2D eigenvalue weighted by atomic mass is 32.3. The van der Waals surface area contributed by atoms with Gasteiger partial charge in [-0.3, -0.25) is 0 Å². The van der Waals surface area contributed by atoms with Crippen LogP contribution in [0.4, 0.5) is 0 Å². The van der Waals surface area contributed by atoms with E-state index in [-0.39, 0.29) is 10.0 Å². The van der Waals surface area contributed by atoms with E-state index in [1.807, 2.05) is 0 Å². The standard InChI is InChI=1S/C10H22S3/c1-4-13(5-2,6-3)10-11-8-7-9-12-10/h10H,4-9H2,1-3H3. The molecule has 80 valence electrons. The second-order valence-corrected chi connectivity index (χ2v) is 11.1. The number of hydrogen-bond donors (Lipinski definition) is 0. The lowest BCUT2D eigenvalue weighted by Gasteiger charge is -2.45. The Kier molecular flexibility index (Phi) is 5.42. The van der Waals surface area contributed by atoms with E-state index in [0.717, 1.165) is 3.91 Å². The first-order valence-electron chi connectivity index (χ1n) is 5.27. The zero-order valence-electron chi connectivity index (χ0n) is 9.04. The minimum atomic E-state index is -0.286. The van der Waals surface area contributed by atoms with Crippen LogP contribution in [-0.4, -0.2) is 32.7 Å². The molecule has 1 rings (SSSR count). The molecule has 0 radical (unpaired) electrons. The van der Waals surface area contributed by atoms with Crippen molar-refractivity contribution in [3.63, 3.8) is 0 Å². The van der Waals surface area contributed by atoms with Crippen molar-refractivity contribution in [2.75, 3.05) is 28.8 Å². The molecule has 1 aliphatic rings. The highest BCUT2D eigenvalue weighted by Gasteiger charge is 2.30. The summed E-state index contributed by atoms with van der Waals surface area (Å²) in [5, 5.41) is 0. The predicted molar refractivity (Wildman–Crippen MR) is 72.5 cm³/mol. The second-order valence-electron chi connectivity index (χ2n) is 3.36. The molecule has 0 aromatic heterocycles. The molecule has 0 nitrogen and oxygen atoms in total. The van der Waals surface area contributed by atoms with Crippen LogP contribution in [0.2, 0.25) is 0 Å². The molecule has 1 heterocycles. The first-order valence-corrected chi connectivity index (χ1v) is 9.57. The van der Waals surface area contributed by atoms with Crippen LogP contribution in [0.1, 0.15) is 27.2 Å². The molecule has 0 atom stereocenters. The summed E-state index contributed by atoms with van der Waals surface area (Å²) in [4.78, 5) is 0. The molecule has 13 heavy (non-hydrogen) atoms. The van der Waals surface area contributed by atoms with Gasteiger partial charge in [-0.15, -0.1) is 23.5 Å². The van der Waals surface area contributed by atoms with Gasteiger partial charge in [-0.2, -0.15) is 0 Å². The summed E-state index contributed by atoms with van der Waals surface area (Å²) in [7, 11) is -0.286. The Labute approximate surface area is 93.3 Å². The van der Waals surface area contributed by atoms with E-state index in [4.69, 9.17) is 0 Å². The van der Waals surface area contributed by atoms with Gasteiger partial charge in [0.2, 0.25) is 0 Å². The van der Waals surface area contributed by atoms with Crippen LogP contribution in [-0.2, 0) is 0 Å². The first-order chi connectivity index (χ1) is 6.29. The number of rotatable bonds is 4. The maximum absolute atomic E-state index is 2.40. The minimum Gasteiger partial charge on any atom is -0.221 e. The third kappa shape index (κ3) is 2.75. The van der Waals surface area contributed by atoms with Gasteiger partial charge in [0.05, 0.1) is 3.91 Å². The van der Waals surface area contributed by atoms with E-state index in [0.29, 0.717) is 0 Å². The van der Waals surface area contributed by atoms with Gasteiger partial charge in [-0.05, 0) is 35.2 Å². The lowest BCUT2D eigenvalue weighted by Crippen LogP contribution is -2.22. The predicted octanol–water partition coefficient (Wildman–Crippen LogP) is 4.00. The third-order valence-electron chi connectivity index (χ3n) is 2.93. The van der Waals surface area contributed by atoms with Crippen molar-refractivity contribution in [3.05, 3.63) is 0 Å². The van der Waals surface area contributed by atoms with Crippen LogP contribution in [0.3, 0.4) is 0 Å². The van der Waals surface area contributed by atoms with Crippen molar-refractivity contribution in [1.82, 2.24) is 0 Å². The summed E-state index contributed by atoms with van der Waals surface area (Å²) < 4.78 is 0.959. The molecular weight excluding hydrogens is 216 g/mol. The fourth-order valence-corrected chi connectivity index (χ4v) is 11.3. The molecule has 0 unspecified atom stereocenters. The fraction of sp³-hybridized carbons (Fsp3) is 1.00. The molecule has 0 bridgehead atoms. The van der Waals surface area contributed by atoms with Gasteiger partial charge in [-0.25, -0.2) is 10.0 Å². The summed E-state index contributed by atoms with van der Waals surface area (Å²) in [5.74, 6) is 7.12. The van der Waals surface area contributed by atoms with E-state index in [2.05, 4.69) is 44.3 Å². The molecule has 3 heteroatoms. The van der Waals surface area contributed by atoms with E-state index >= 15 is 0 Å². The SMILES string of the molecule is CCS(CC)(CC)C1SCCCS1. The molecule has 0 spiro atoms. The first kappa shape index (κ1) is 12.1. The topological polar surface area (TPSA) is 0 Å². The van der Waals surface area contributed by atoms with Crippen molar-refractivity contribution < 1.29 is 0 Å². The van der Waals surface area contributed by atoms with Crippen LogP contribution in [0.5, 0.6) is 0 Å². The number of hydrogen-bond acceptors (Lipinski definition) is 2. The molecule has 0 N–H and O–H groups in total. The lowest BCUT2D eigenvalue weighted by atomic mass is 10.6. The van der Waals surface area contributed by atoms with Gasteiger partial charge in [0.1, 0.15) is 0 Å². The molecule has 1 fully saturated rings. The molecule has 0 aromatic carbocycles. The summed E-state index contributed by atoms with van der Waals surface area (Å²) in [6.07, 6.45) is 1.43. The fourth-order valence-electron chi connectivity index (χ4n) is 1.78. The van der Waals surface area contributed by atoms with Crippen molar-refractivity contribution in [2.24, 2.45) is 0 Å². The van der Waals surface area contributed by atoms with Crippen LogP contribution in [0.15, 0.2) is 0 Å². The quantitative estimate of drug-likeness (QED) is 0.726. The summed E-state index contributed by atoms with van der Waals surface area (Å²) >= 11 is 4.49. The van der Waals surface area contributed by atoms with Crippen molar-refractivity contribution in [1.29, 1.82) is 0 Å². The summed E-state index contributed by atoms with van der Waals surface area (Å²) in [6, 6.07) is 0. The average Bonchev–Trinajstić information content (AvgIpc) is 2.23. The van der Waals surface area contributed by atoms with Crippen LogP contribution >= 0.6 is 33.6 Å². The Balaban J connectivity index is 2.60. The molecule has 0 saturated carbocycles. The van der Waals surface area contributed by atoms with Crippen LogP contribution in [0.25, 0.3) is 0 Å². The highest BCUT2D eigenvalue weighted by molar-refractivity contribution is 8.48. The van der Waals surface area contributed by atoms with Gasteiger partial charge in [0.15, 0.2) is 0 Å². The van der Waals surface area contributed by atoms with Crippen LogP contribution < -0.4 is 0 Å². The Morgan fingerprint density at radius 2 is 1.46 bits per heavy atom. The molecule has 1 saturated heterocycles. The van der Waals surface area contributed by atoms with E-state index in [9.17, 15) is 0 Å². The summed E-state index contributed by atoms with van der Waals surface area (Å²) in [5.41, 5.74) is 0. The Morgan fingerprint density at radius 1 is 1.00 bits per heavy atom. The maximum Gasteiger partial charge on any atom is 0.0806 e. The van der Waals surface area contributed by atoms with Gasteiger partial charge in [0.25, 0.3) is 0 Å². The van der Waals surface area contributed by atoms with Crippen molar-refractivity contribution in [2.45, 2.75) is 31.1 Å². The zero-order valence-corrected chi connectivity index (χ0v) is 11.5. The van der Waals surface area contributed by atoms with Crippen molar-refractivity contribution >= 4 is 33.6 Å². The Hall–Kier alpha value is 1.05. The molecule has 0 aliphatic carbocycles. The van der Waals surface area contributed by atoms with E-state index in [1.165, 1.54) is 35.2 Å². The zero-order chi connectivity index (χ0) is 9.73. The largest absolute Gasteiger partial charge is 0.221 e. The van der Waals surface area contributed by atoms with Crippen LogP contribution in [0, 0.1) is 0 Å². The van der Waals surface area contributed by atoms with Gasteiger partial charge < -0.3 is 0 Å². The average molecular weight is 238 g/mol.